The van der Waals surface area contributed by atoms with E-state index in [1.165, 1.54) is 16.7 Å². The van der Waals surface area contributed by atoms with Gasteiger partial charge < -0.3 is 45.3 Å². The van der Waals surface area contributed by atoms with Gasteiger partial charge in [0.2, 0.25) is 5.91 Å². The van der Waals surface area contributed by atoms with Gasteiger partial charge in [-0.15, -0.1) is 0 Å². The summed E-state index contributed by atoms with van der Waals surface area (Å²) in [5.41, 5.74) is -0.567. The van der Waals surface area contributed by atoms with Crippen molar-refractivity contribution in [3.63, 3.8) is 0 Å². The van der Waals surface area contributed by atoms with Crippen molar-refractivity contribution < 1.29 is 49.4 Å². The number of aliphatic carboxylic acids is 2. The van der Waals surface area contributed by atoms with Crippen molar-refractivity contribution in [3.8, 4) is 0 Å². The molecule has 7 N–H and O–H groups in total. The SMILES string of the molecule is CCc1c[nH]cc1CCC12CCC(OC3OC(C(=O)O)C(O)C(O)C3O)C(C)(C)C1CCC1(C)C34CCC5(C(=O)O)CCC6(C)CC=CC57C3=CCC21C=CC4C(=O)NC67. The molecular formula is C48H64N2O10. The Kier molecular flexibility index (Phi) is 8.76. The topological polar surface area (TPSA) is 199 Å². The molecule has 4 saturated carbocycles. The van der Waals surface area contributed by atoms with Crippen molar-refractivity contribution in [2.24, 2.45) is 55.2 Å². The van der Waals surface area contributed by atoms with E-state index in [0.717, 1.165) is 57.8 Å². The zero-order chi connectivity index (χ0) is 42.6. The molecular weight excluding hydrogens is 765 g/mol. The summed E-state index contributed by atoms with van der Waals surface area (Å²) < 4.78 is 12.3. The van der Waals surface area contributed by atoms with E-state index < -0.39 is 87.2 Å². The molecule has 9 aliphatic rings. The molecule has 10 rings (SSSR count). The fourth-order valence-corrected chi connectivity index (χ4v) is 17.1. The number of allylic oxidation sites excluding steroid dienone is 3. The highest BCUT2D eigenvalue weighted by molar-refractivity contribution is 5.88. The number of aliphatic hydroxyl groups excluding tert-OH is 3. The predicted octanol–water partition coefficient (Wildman–Crippen LogP) is 5.61. The monoisotopic (exact) mass is 828 g/mol. The van der Waals surface area contributed by atoms with Crippen LogP contribution in [0.1, 0.15) is 116 Å². The molecule has 1 aromatic heterocycles. The molecule has 6 fully saturated rings. The molecule has 0 aromatic carbocycles. The quantitative estimate of drug-likeness (QED) is 0.128. The van der Waals surface area contributed by atoms with Gasteiger partial charge in [-0.05, 0) is 122 Å². The van der Waals surface area contributed by atoms with Crippen molar-refractivity contribution in [2.45, 2.75) is 161 Å². The zero-order valence-electron chi connectivity index (χ0n) is 35.7. The minimum Gasteiger partial charge on any atom is -0.481 e. The van der Waals surface area contributed by atoms with E-state index in [-0.39, 0.29) is 28.7 Å². The number of fused-ring (bicyclic) bond motifs is 1. The summed E-state index contributed by atoms with van der Waals surface area (Å²) >= 11 is 0. The maximum Gasteiger partial charge on any atom is 0.335 e. The van der Waals surface area contributed by atoms with Gasteiger partial charge >= 0.3 is 11.9 Å². The maximum absolute atomic E-state index is 15.1. The number of aromatic amines is 1. The van der Waals surface area contributed by atoms with E-state index in [2.05, 4.69) is 87.7 Å². The molecule has 1 amide bonds. The summed E-state index contributed by atoms with van der Waals surface area (Å²) in [4.78, 5) is 44.5. The molecule has 16 atom stereocenters. The van der Waals surface area contributed by atoms with Crippen LogP contribution in [-0.4, -0.2) is 91.2 Å². The van der Waals surface area contributed by atoms with E-state index in [1.807, 2.05) is 0 Å². The van der Waals surface area contributed by atoms with Gasteiger partial charge in [0.1, 0.15) is 18.3 Å². The molecule has 2 aliphatic heterocycles. The normalized spacial score (nSPS) is 50.4. The second kappa shape index (κ2) is 12.9. The predicted molar refractivity (Wildman–Crippen MR) is 219 cm³/mol. The van der Waals surface area contributed by atoms with Gasteiger partial charge in [0, 0.05) is 34.7 Å². The Hall–Kier alpha value is -3.29. The Morgan fingerprint density at radius 1 is 0.900 bits per heavy atom. The Bertz CT molecular complexity index is 2110. The molecule has 12 nitrogen and oxygen atoms in total. The molecule has 0 radical (unpaired) electrons. The number of H-pyrrole nitrogens is 1. The number of aromatic nitrogens is 1. The number of carbonyl (C=O) groups excluding carboxylic acids is 1. The van der Waals surface area contributed by atoms with Gasteiger partial charge in [0.25, 0.3) is 0 Å². The van der Waals surface area contributed by atoms with Crippen molar-refractivity contribution >= 4 is 17.8 Å². The van der Waals surface area contributed by atoms with Gasteiger partial charge in [0.05, 0.1) is 17.4 Å². The van der Waals surface area contributed by atoms with Crippen LogP contribution in [0, 0.1) is 55.2 Å². The van der Waals surface area contributed by atoms with E-state index in [9.17, 15) is 35.1 Å². The van der Waals surface area contributed by atoms with E-state index >= 15 is 4.79 Å². The Labute approximate surface area is 352 Å². The van der Waals surface area contributed by atoms with Gasteiger partial charge in [0.15, 0.2) is 12.4 Å². The van der Waals surface area contributed by atoms with Crippen molar-refractivity contribution in [2.75, 3.05) is 0 Å². The summed E-state index contributed by atoms with van der Waals surface area (Å²) in [6, 6.07) is -0.318. The highest BCUT2D eigenvalue weighted by atomic mass is 16.7. The van der Waals surface area contributed by atoms with Crippen LogP contribution in [-0.2, 0) is 36.7 Å². The number of carboxylic acid groups (broad SMARTS) is 2. The number of rotatable bonds is 8. The summed E-state index contributed by atoms with van der Waals surface area (Å²) in [7, 11) is 0. The lowest BCUT2D eigenvalue weighted by atomic mass is 9.23. The summed E-state index contributed by atoms with van der Waals surface area (Å²) in [6.45, 7) is 11.3. The number of ether oxygens (including phenoxy) is 2. The van der Waals surface area contributed by atoms with E-state index in [0.29, 0.717) is 25.7 Å². The lowest BCUT2D eigenvalue weighted by Crippen LogP contribution is -2.76. The average molecular weight is 829 g/mol. The Morgan fingerprint density at radius 2 is 1.65 bits per heavy atom. The molecule has 1 aromatic rings. The first-order valence-electron chi connectivity index (χ1n) is 22.7. The van der Waals surface area contributed by atoms with Crippen LogP contribution in [0.4, 0.5) is 0 Å². The van der Waals surface area contributed by atoms with Gasteiger partial charge in [-0.1, -0.05) is 70.6 Å². The maximum atomic E-state index is 15.1. The molecule has 3 heterocycles. The first kappa shape index (κ1) is 40.8. The van der Waals surface area contributed by atoms with Gasteiger partial charge in [-0.3, -0.25) is 9.59 Å². The summed E-state index contributed by atoms with van der Waals surface area (Å²) in [5, 5.41) is 57.1. The lowest BCUT2D eigenvalue weighted by Gasteiger charge is -2.79. The van der Waals surface area contributed by atoms with Crippen LogP contribution in [0.25, 0.3) is 0 Å². The molecule has 2 spiro atoms. The Balaban J connectivity index is 1.13. The van der Waals surface area contributed by atoms with Gasteiger partial charge in [-0.25, -0.2) is 4.79 Å². The molecule has 326 valence electrons. The number of carboxylic acids is 2. The van der Waals surface area contributed by atoms with Crippen LogP contribution in [0.5, 0.6) is 0 Å². The van der Waals surface area contributed by atoms with Crippen molar-refractivity contribution in [1.29, 1.82) is 0 Å². The fraction of sp³-hybridized carbons (Fsp3) is 0.729. The number of hydrogen-bond donors (Lipinski definition) is 7. The third kappa shape index (κ3) is 4.53. The molecule has 4 bridgehead atoms. The molecule has 7 aliphatic carbocycles. The van der Waals surface area contributed by atoms with Crippen LogP contribution in [0.15, 0.2) is 48.3 Å². The molecule has 12 heteroatoms. The fourth-order valence-electron chi connectivity index (χ4n) is 17.1. The van der Waals surface area contributed by atoms with Crippen LogP contribution in [0.2, 0.25) is 0 Å². The van der Waals surface area contributed by atoms with Gasteiger partial charge in [-0.2, -0.15) is 0 Å². The van der Waals surface area contributed by atoms with Crippen LogP contribution >= 0.6 is 0 Å². The Morgan fingerprint density at radius 3 is 2.38 bits per heavy atom. The standard InChI is InChI=1S/C48H64N2O10/c1-6-26-24-49-25-27(26)8-16-44-17-12-31(59-38-34(53)32(51)33(52)35(60-38)37(55)56)41(2,3)29(44)10-15-43(5)46(44)18-9-28-36(54)50-39-42(4)13-7-14-48(39)30(11-19-46)47(28,43)23-22-45(48,21-20-42)40(57)58/h7,9,11,14,18,24-25,28-29,31-35,38-39,49,51-53H,6,8,10,12-13,15-17,19-23H2,1-5H3,(H,50,54)(H,55,56)(H,57,58). The number of carbonyl (C=O) groups is 3. The lowest BCUT2D eigenvalue weighted by molar-refractivity contribution is -0.329. The van der Waals surface area contributed by atoms with Crippen molar-refractivity contribution in [1.82, 2.24) is 10.3 Å². The molecule has 60 heavy (non-hydrogen) atoms. The molecule has 2 saturated heterocycles. The van der Waals surface area contributed by atoms with Crippen LogP contribution in [0.3, 0.4) is 0 Å². The third-order valence-electron chi connectivity index (χ3n) is 19.9. The third-order valence-corrected chi connectivity index (χ3v) is 19.9. The average Bonchev–Trinajstić information content (AvgIpc) is 3.62. The number of hydrogen-bond acceptors (Lipinski definition) is 8. The minimum atomic E-state index is -1.81. The van der Waals surface area contributed by atoms with E-state index in [1.54, 1.807) is 0 Å². The highest BCUT2D eigenvalue weighted by Crippen LogP contribution is 2.86. The first-order valence-corrected chi connectivity index (χ1v) is 22.7. The second-order valence-corrected chi connectivity index (χ2v) is 21.7. The number of aliphatic hydroxyl groups is 3. The largest absolute Gasteiger partial charge is 0.481 e. The van der Waals surface area contributed by atoms with Crippen molar-refractivity contribution in [3.05, 3.63) is 59.5 Å². The summed E-state index contributed by atoms with van der Waals surface area (Å²) in [5.74, 6) is -2.52. The first-order chi connectivity index (χ1) is 28.4. The van der Waals surface area contributed by atoms with Crippen LogP contribution < -0.4 is 5.32 Å². The molecule has 16 unspecified atom stereocenters. The van der Waals surface area contributed by atoms with E-state index in [4.69, 9.17) is 9.47 Å². The smallest absolute Gasteiger partial charge is 0.335 e. The second-order valence-electron chi connectivity index (χ2n) is 21.7. The summed E-state index contributed by atoms with van der Waals surface area (Å²) in [6.07, 6.45) is 16.7. The number of amides is 1. The zero-order valence-corrected chi connectivity index (χ0v) is 35.7. The minimum absolute atomic E-state index is 0.0249. The number of nitrogens with one attached hydrogen (secondary N) is 2. The highest BCUT2D eigenvalue weighted by Gasteiger charge is 2.83. The number of aryl methyl sites for hydroxylation is 2.